The highest BCUT2D eigenvalue weighted by Crippen LogP contribution is 2.20. The van der Waals surface area contributed by atoms with Gasteiger partial charge < -0.3 is 10.7 Å². The van der Waals surface area contributed by atoms with Crippen LogP contribution < -0.4 is 11.4 Å². The summed E-state index contributed by atoms with van der Waals surface area (Å²) in [5.41, 5.74) is 7.64. The molecule has 0 saturated carbocycles. The number of fused-ring (bicyclic) bond motifs is 1. The molecular formula is C14H15ClN5OS+. The lowest BCUT2D eigenvalue weighted by Crippen LogP contribution is -2.17. The van der Waals surface area contributed by atoms with Gasteiger partial charge in [0, 0.05) is 12.1 Å². The van der Waals surface area contributed by atoms with Gasteiger partial charge in [-0.2, -0.15) is 0 Å². The summed E-state index contributed by atoms with van der Waals surface area (Å²) in [4.78, 5) is 23.6. The molecule has 0 aliphatic heterocycles. The first-order chi connectivity index (χ1) is 10.6. The zero-order valence-corrected chi connectivity index (χ0v) is 13.5. The molecule has 0 radical (unpaired) electrons. The van der Waals surface area contributed by atoms with E-state index in [0.29, 0.717) is 22.9 Å². The topological polar surface area (TPSA) is 89.6 Å². The van der Waals surface area contributed by atoms with Crippen LogP contribution in [0.25, 0.3) is 11.2 Å². The lowest BCUT2D eigenvalue weighted by atomic mass is 10.2. The van der Waals surface area contributed by atoms with Crippen molar-refractivity contribution in [3.05, 3.63) is 45.3 Å². The molecule has 3 rings (SSSR count). The van der Waals surface area contributed by atoms with Gasteiger partial charge >= 0.3 is 5.69 Å². The lowest BCUT2D eigenvalue weighted by Gasteiger charge is -2.05. The predicted octanol–water partition coefficient (Wildman–Crippen LogP) is 1.56. The number of aromatic nitrogens is 4. The summed E-state index contributed by atoms with van der Waals surface area (Å²) in [5.74, 6) is 1.12. The highest BCUT2D eigenvalue weighted by Gasteiger charge is 2.14. The number of nitrogen functional groups attached to an aromatic ring is 1. The fourth-order valence-corrected chi connectivity index (χ4v) is 2.86. The third kappa shape index (κ3) is 2.82. The number of nitrogens with zero attached hydrogens (tertiary/aromatic N) is 3. The van der Waals surface area contributed by atoms with Crippen molar-refractivity contribution in [3.63, 3.8) is 0 Å². The van der Waals surface area contributed by atoms with Crippen LogP contribution in [0.2, 0.25) is 5.02 Å². The molecule has 0 amide bonds. The maximum atomic E-state index is 12.2. The number of imidazole rings is 1. The lowest BCUT2D eigenvalue weighted by molar-refractivity contribution is -0.288. The number of hydrogen-bond acceptors (Lipinski definition) is 5. The second-order valence-electron chi connectivity index (χ2n) is 4.68. The Labute approximate surface area is 135 Å². The van der Waals surface area contributed by atoms with E-state index < -0.39 is 0 Å². The Bertz CT molecular complexity index is 871. The molecule has 114 valence electrons. The van der Waals surface area contributed by atoms with Gasteiger partial charge in [0.2, 0.25) is 5.02 Å². The summed E-state index contributed by atoms with van der Waals surface area (Å²) < 4.78 is 1.56. The molecule has 3 aromatic rings. The van der Waals surface area contributed by atoms with Gasteiger partial charge in [0.1, 0.15) is 5.52 Å². The molecule has 2 heterocycles. The highest BCUT2D eigenvalue weighted by molar-refractivity contribution is 7.99. The molecule has 3 N–H and O–H groups in total. The van der Waals surface area contributed by atoms with E-state index in [1.165, 1.54) is 11.8 Å². The van der Waals surface area contributed by atoms with E-state index >= 15 is 0 Å². The molecule has 0 spiro atoms. The smallest absolute Gasteiger partial charge is 0.328 e. The number of nitrogens with one attached hydrogen (secondary N) is 1. The number of halogens is 1. The van der Waals surface area contributed by atoms with Crippen LogP contribution in [0.15, 0.2) is 34.2 Å². The molecule has 0 bridgehead atoms. The summed E-state index contributed by atoms with van der Waals surface area (Å²) in [6.45, 7) is 2.41. The van der Waals surface area contributed by atoms with E-state index in [-0.39, 0.29) is 11.5 Å². The summed E-state index contributed by atoms with van der Waals surface area (Å²) in [6, 6.07) is 7.48. The van der Waals surface area contributed by atoms with Gasteiger partial charge in [-0.05, 0) is 11.3 Å². The van der Waals surface area contributed by atoms with Gasteiger partial charge in [0.05, 0.1) is 6.54 Å². The van der Waals surface area contributed by atoms with Crippen molar-refractivity contribution in [1.29, 1.82) is 0 Å². The normalized spacial score (nSPS) is 11.2. The second-order valence-corrected chi connectivity index (χ2v) is 6.39. The minimum Gasteiger partial charge on any atom is -0.382 e. The molecule has 8 heteroatoms. The molecule has 0 aliphatic carbocycles. The third-order valence-corrected chi connectivity index (χ3v) is 4.17. The van der Waals surface area contributed by atoms with Gasteiger partial charge in [0.15, 0.2) is 28.2 Å². The number of H-pyrrole nitrogens is 1. The molecule has 2 aromatic heterocycles. The summed E-state index contributed by atoms with van der Waals surface area (Å²) in [6.07, 6.45) is 0. The van der Waals surface area contributed by atoms with Crippen molar-refractivity contribution in [2.45, 2.75) is 18.6 Å². The zero-order valence-electron chi connectivity index (χ0n) is 11.9. The second kappa shape index (κ2) is 6.02. The number of rotatable bonds is 4. The molecule has 0 atom stereocenters. The van der Waals surface area contributed by atoms with Gasteiger partial charge in [0.25, 0.3) is 0 Å². The summed E-state index contributed by atoms with van der Waals surface area (Å²) in [7, 11) is 0. The standard InChI is InChI=1S/C14H14ClN5OS/c1-2-22-13-18-11(16)10-12(19-13)20(14(21)17-10)7-8-3-5-9(15)6-4-8/h3-6,15H,2,7H2,1H3,(H2-,16,17,18,19,21)/p+1. The Hall–Kier alpha value is -1.99. The summed E-state index contributed by atoms with van der Waals surface area (Å²) >= 11 is 6.56. The molecule has 22 heavy (non-hydrogen) atoms. The maximum absolute atomic E-state index is 12.2. The highest BCUT2D eigenvalue weighted by atomic mass is 35.5. The van der Waals surface area contributed by atoms with Crippen LogP contribution in [-0.2, 0) is 6.54 Å². The van der Waals surface area contributed by atoms with Crippen LogP contribution in [-0.4, -0.2) is 25.3 Å². The number of thioether (sulfide) groups is 1. The first kappa shape index (κ1) is 14.9. The Morgan fingerprint density at radius 1 is 1.32 bits per heavy atom. The SMILES string of the molecule is CCSc1nc(N)c2[nH]c(=O)n(Cc3ccc([ClH+])cc3)c2n1. The molecule has 0 fully saturated rings. The number of nitrogens with two attached hydrogens (primary N) is 1. The van der Waals surface area contributed by atoms with E-state index in [1.54, 1.807) is 4.57 Å². The molecular weight excluding hydrogens is 322 g/mol. The van der Waals surface area contributed by atoms with Crippen LogP contribution in [0, 0.1) is 11.6 Å². The molecule has 1 aromatic carbocycles. The van der Waals surface area contributed by atoms with E-state index in [0.717, 1.165) is 16.3 Å². The zero-order chi connectivity index (χ0) is 15.7. The van der Waals surface area contributed by atoms with Crippen molar-refractivity contribution in [3.8, 4) is 0 Å². The van der Waals surface area contributed by atoms with Crippen LogP contribution >= 0.6 is 11.8 Å². The maximum Gasteiger partial charge on any atom is 0.328 e. The molecule has 6 nitrogen and oxygen atoms in total. The van der Waals surface area contributed by atoms with Gasteiger partial charge in [-0.1, -0.05) is 30.8 Å². The van der Waals surface area contributed by atoms with Crippen LogP contribution in [0.3, 0.4) is 0 Å². The minimum absolute atomic E-state index is 0.253. The monoisotopic (exact) mass is 336 g/mol. The fourth-order valence-electron chi connectivity index (χ4n) is 2.15. The number of aromatic amines is 1. The third-order valence-electron chi connectivity index (χ3n) is 3.17. The van der Waals surface area contributed by atoms with Crippen molar-refractivity contribution in [1.82, 2.24) is 19.5 Å². The van der Waals surface area contributed by atoms with Crippen LogP contribution in [0.5, 0.6) is 0 Å². The molecule has 0 saturated heterocycles. The first-order valence-electron chi connectivity index (χ1n) is 6.73. The average Bonchev–Trinajstić information content (AvgIpc) is 2.79. The number of benzene rings is 1. The van der Waals surface area contributed by atoms with Crippen molar-refractivity contribution < 1.29 is 11.6 Å². The van der Waals surface area contributed by atoms with Gasteiger partial charge in [-0.25, -0.2) is 14.8 Å². The van der Waals surface area contributed by atoms with E-state index in [1.807, 2.05) is 31.2 Å². The number of hydrogen-bond donors (Lipinski definition) is 2. The average molecular weight is 337 g/mol. The summed E-state index contributed by atoms with van der Waals surface area (Å²) in [5, 5.41) is 1.34. The fraction of sp³-hybridized carbons (Fsp3) is 0.214. The van der Waals surface area contributed by atoms with Crippen LogP contribution in [0.1, 0.15) is 12.5 Å². The first-order valence-corrected chi connectivity index (χ1v) is 8.12. The van der Waals surface area contributed by atoms with E-state index in [4.69, 9.17) is 17.3 Å². The predicted molar refractivity (Wildman–Crippen MR) is 85.1 cm³/mol. The van der Waals surface area contributed by atoms with Gasteiger partial charge in [-0.3, -0.25) is 4.57 Å². The van der Waals surface area contributed by atoms with E-state index in [9.17, 15) is 4.79 Å². The van der Waals surface area contributed by atoms with E-state index in [2.05, 4.69) is 15.0 Å². The van der Waals surface area contributed by atoms with Crippen LogP contribution in [0.4, 0.5) is 5.82 Å². The molecule has 0 unspecified atom stereocenters. The minimum atomic E-state index is -0.253. The Morgan fingerprint density at radius 3 is 2.73 bits per heavy atom. The number of anilines is 1. The Balaban J connectivity index is 2.09. The van der Waals surface area contributed by atoms with Crippen molar-refractivity contribution in [2.24, 2.45) is 0 Å². The Morgan fingerprint density at radius 2 is 2.05 bits per heavy atom. The van der Waals surface area contributed by atoms with Crippen molar-refractivity contribution in [2.75, 3.05) is 11.5 Å². The molecule has 0 aliphatic rings. The Kier molecular flexibility index (Phi) is 4.08. The van der Waals surface area contributed by atoms with Crippen molar-refractivity contribution >= 4 is 28.7 Å². The largest absolute Gasteiger partial charge is 0.382 e. The van der Waals surface area contributed by atoms with Gasteiger partial charge in [-0.15, -0.1) is 0 Å². The quantitative estimate of drug-likeness (QED) is 0.557.